The number of rotatable bonds is 2. The molecule has 0 fully saturated rings. The van der Waals surface area contributed by atoms with E-state index in [2.05, 4.69) is 5.28 Å². The van der Waals surface area contributed by atoms with Gasteiger partial charge in [0.2, 0.25) is 0 Å². The zero-order valence-electron chi connectivity index (χ0n) is 5.61. The lowest BCUT2D eigenvalue weighted by Gasteiger charge is -2.12. The molecule has 0 amide bonds. The zero-order valence-corrected chi connectivity index (χ0v) is 5.61. The Morgan fingerprint density at radius 2 is 2.10 bits per heavy atom. The number of carboxylic acids is 1. The summed E-state index contributed by atoms with van der Waals surface area (Å²) in [6.07, 6.45) is 0. The molecule has 0 saturated carbocycles. The normalized spacial score (nSPS) is 13.2. The van der Waals surface area contributed by atoms with Crippen molar-refractivity contribution in [3.8, 4) is 0 Å². The first-order valence-corrected chi connectivity index (χ1v) is 2.48. The fourth-order valence-electron chi connectivity index (χ4n) is 0.194. The van der Waals surface area contributed by atoms with Crippen LogP contribution in [-0.2, 0) is 4.79 Å². The van der Waals surface area contributed by atoms with E-state index in [4.69, 9.17) is 10.3 Å². The third kappa shape index (κ3) is 1.34. The highest BCUT2D eigenvalue weighted by atomic mass is 16.6. The van der Waals surface area contributed by atoms with Gasteiger partial charge in [-0.1, -0.05) is 0 Å². The molecule has 0 aliphatic heterocycles. The summed E-state index contributed by atoms with van der Waals surface area (Å²) in [6, 6.07) is 0. The van der Waals surface area contributed by atoms with E-state index in [9.17, 15) is 10.0 Å². The van der Waals surface area contributed by atoms with E-state index in [0.29, 0.717) is 0 Å². The van der Waals surface area contributed by atoms with Gasteiger partial charge in [-0.05, 0) is 4.86 Å². The highest BCUT2D eigenvalue weighted by Crippen LogP contribution is 2.07. The van der Waals surface area contributed by atoms with E-state index in [1.165, 1.54) is 0 Å². The molecular weight excluding hydrogens is 140 g/mol. The lowest BCUT2D eigenvalue weighted by Crippen LogP contribution is -2.40. The van der Waals surface area contributed by atoms with E-state index >= 15 is 0 Å². The van der Waals surface area contributed by atoms with Crippen molar-refractivity contribution in [1.82, 2.24) is 0 Å². The van der Waals surface area contributed by atoms with Crippen LogP contribution in [0, 0.1) is 5.21 Å². The van der Waals surface area contributed by atoms with Gasteiger partial charge in [-0.2, -0.15) is 0 Å². The van der Waals surface area contributed by atoms with Crippen molar-refractivity contribution in [3.63, 3.8) is 0 Å². The smallest absolute Gasteiger partial charge is 0.379 e. The second kappa shape index (κ2) is 2.51. The van der Waals surface area contributed by atoms with E-state index in [1.807, 2.05) is 0 Å². The van der Waals surface area contributed by atoms with Gasteiger partial charge in [0, 0.05) is 13.8 Å². The van der Waals surface area contributed by atoms with Crippen molar-refractivity contribution in [2.24, 2.45) is 5.28 Å². The molecule has 6 nitrogen and oxygen atoms in total. The van der Waals surface area contributed by atoms with Crippen LogP contribution in [0.25, 0.3) is 0 Å². The maximum Gasteiger partial charge on any atom is 0.379 e. The van der Waals surface area contributed by atoms with Crippen LogP contribution in [0.4, 0.5) is 0 Å². The Labute approximate surface area is 56.9 Å². The molecule has 0 aliphatic carbocycles. The summed E-state index contributed by atoms with van der Waals surface area (Å²) in [6.45, 7) is 2.25. The lowest BCUT2D eigenvalue weighted by molar-refractivity contribution is -0.611. The average Bonchev–Trinajstić information content (AvgIpc) is 1.86. The summed E-state index contributed by atoms with van der Waals surface area (Å²) in [5, 5.41) is 28.8. The van der Waals surface area contributed by atoms with Crippen molar-refractivity contribution < 1.29 is 20.0 Å². The Morgan fingerprint density at radius 3 is 2.20 bits per heavy atom. The predicted molar refractivity (Wildman–Crippen MR) is 29.6 cm³/mol. The van der Waals surface area contributed by atoms with Crippen molar-refractivity contribution in [1.29, 1.82) is 0 Å². The maximum atomic E-state index is 10.4. The summed E-state index contributed by atoms with van der Waals surface area (Å²) < 4.78 is 0. The number of carboxylic acid groups (broad SMARTS) is 1. The van der Waals surface area contributed by atoms with Crippen molar-refractivity contribution in [2.45, 2.75) is 19.4 Å². The minimum Gasteiger partial charge on any atom is -0.596 e. The largest absolute Gasteiger partial charge is 0.596 e. The minimum absolute atomic E-state index is 0.282. The summed E-state index contributed by atoms with van der Waals surface area (Å²) in [7, 11) is 0. The highest BCUT2D eigenvalue weighted by Gasteiger charge is 2.38. The van der Waals surface area contributed by atoms with Crippen molar-refractivity contribution in [2.75, 3.05) is 0 Å². The quantitative estimate of drug-likeness (QED) is 0.332. The number of hydrogen-bond donors (Lipinski definition) is 2. The highest BCUT2D eigenvalue weighted by molar-refractivity contribution is 5.75. The van der Waals surface area contributed by atoms with Gasteiger partial charge in [0.05, 0.1) is 0 Å². The Hall–Kier alpha value is -1.33. The van der Waals surface area contributed by atoms with E-state index in [1.54, 1.807) is 0 Å². The minimum atomic E-state index is -1.71. The van der Waals surface area contributed by atoms with Crippen LogP contribution in [0.5, 0.6) is 0 Å². The number of hydroxylamine groups is 1. The Bertz CT molecular complexity index is 174. The van der Waals surface area contributed by atoms with Gasteiger partial charge >= 0.3 is 5.97 Å². The van der Waals surface area contributed by atoms with Crippen LogP contribution in [-0.4, -0.2) is 26.7 Å². The van der Waals surface area contributed by atoms with Gasteiger partial charge in [0.25, 0.3) is 5.54 Å². The Balaban J connectivity index is 4.56. The topological polar surface area (TPSA) is 96.0 Å². The first-order valence-electron chi connectivity index (χ1n) is 2.48. The molecule has 0 aliphatic rings. The van der Waals surface area contributed by atoms with Crippen LogP contribution < -0.4 is 0 Å². The van der Waals surface area contributed by atoms with Crippen molar-refractivity contribution in [3.05, 3.63) is 5.21 Å². The number of aliphatic carboxylic acids is 1. The summed E-state index contributed by atoms with van der Waals surface area (Å²) in [5.74, 6) is -1.35. The predicted octanol–water partition coefficient (Wildman–Crippen LogP) is 0.201. The molecule has 0 saturated heterocycles. The lowest BCUT2D eigenvalue weighted by atomic mass is 10.1. The molecular formula is C4H8N2O4. The molecule has 0 unspecified atom stereocenters. The zero-order chi connectivity index (χ0) is 8.36. The molecule has 6 heteroatoms. The van der Waals surface area contributed by atoms with Crippen LogP contribution >= 0.6 is 0 Å². The molecule has 0 aromatic heterocycles. The fraction of sp³-hybridized carbons (Fsp3) is 0.750. The maximum absolute atomic E-state index is 10.4. The molecule has 0 aromatic rings. The molecule has 10 heavy (non-hydrogen) atoms. The van der Waals surface area contributed by atoms with Crippen LogP contribution in [0.1, 0.15) is 13.8 Å². The first kappa shape index (κ1) is 8.67. The molecule has 0 heterocycles. The standard InChI is InChI=1S/C4H8N2O4/c1-4(2,3(7)8)6(10)5-9/h9H,1-2H3,(H,7,8)/b6-5-. The van der Waals surface area contributed by atoms with Gasteiger partial charge in [0.1, 0.15) is 0 Å². The van der Waals surface area contributed by atoms with E-state index in [0.717, 1.165) is 13.8 Å². The number of carbonyl (C=O) groups is 1. The average molecular weight is 148 g/mol. The third-order valence-electron chi connectivity index (χ3n) is 1.08. The molecule has 0 aromatic carbocycles. The Morgan fingerprint density at radius 1 is 1.70 bits per heavy atom. The number of nitrogens with zero attached hydrogens (tertiary/aromatic N) is 2. The SMILES string of the molecule is CC(C)(C(=O)O)/[N+]([O-])=N/O. The summed E-state index contributed by atoms with van der Waals surface area (Å²) >= 11 is 0. The molecule has 2 N–H and O–H groups in total. The van der Waals surface area contributed by atoms with Gasteiger partial charge in [-0.25, -0.2) is 4.79 Å². The third-order valence-corrected chi connectivity index (χ3v) is 1.08. The molecule has 58 valence electrons. The van der Waals surface area contributed by atoms with Crippen LogP contribution in [0.3, 0.4) is 0 Å². The van der Waals surface area contributed by atoms with Gasteiger partial charge < -0.3 is 15.5 Å². The van der Waals surface area contributed by atoms with Gasteiger partial charge in [-0.15, -0.1) is 0 Å². The monoisotopic (exact) mass is 148 g/mol. The van der Waals surface area contributed by atoms with E-state index in [-0.39, 0.29) is 4.86 Å². The summed E-state index contributed by atoms with van der Waals surface area (Å²) in [5.41, 5.74) is -1.71. The Kier molecular flexibility index (Phi) is 2.17. The molecule has 0 rings (SSSR count). The van der Waals surface area contributed by atoms with Crippen molar-refractivity contribution >= 4 is 5.97 Å². The van der Waals surface area contributed by atoms with Gasteiger partial charge in [-0.3, -0.25) is 0 Å². The number of hydrogen-bond acceptors (Lipinski definition) is 3. The molecule has 0 spiro atoms. The molecule has 0 radical (unpaired) electrons. The second-order valence-corrected chi connectivity index (χ2v) is 2.23. The summed E-state index contributed by atoms with van der Waals surface area (Å²) in [4.78, 5) is 9.93. The second-order valence-electron chi connectivity index (χ2n) is 2.23. The van der Waals surface area contributed by atoms with E-state index < -0.39 is 11.5 Å². The van der Waals surface area contributed by atoms with Gasteiger partial charge in [0.15, 0.2) is 5.28 Å². The molecule has 0 atom stereocenters. The van der Waals surface area contributed by atoms with Crippen LogP contribution in [0.2, 0.25) is 0 Å². The molecule has 0 bridgehead atoms. The van der Waals surface area contributed by atoms with Crippen LogP contribution in [0.15, 0.2) is 5.28 Å². The fourth-order valence-corrected chi connectivity index (χ4v) is 0.194. The first-order chi connectivity index (χ1) is 4.42.